The van der Waals surface area contributed by atoms with E-state index in [2.05, 4.69) is 30.8 Å². The molecule has 2 amide bonds. The van der Waals surface area contributed by atoms with E-state index in [9.17, 15) is 14.4 Å². The number of carbonyl (C=O) groups excluding carboxylic acids is 3. The van der Waals surface area contributed by atoms with Crippen LogP contribution in [0.3, 0.4) is 0 Å². The number of thiazole rings is 1. The minimum absolute atomic E-state index is 0.108. The summed E-state index contributed by atoms with van der Waals surface area (Å²) in [5, 5.41) is 11.1. The summed E-state index contributed by atoms with van der Waals surface area (Å²) in [7, 11) is 3.35. The summed E-state index contributed by atoms with van der Waals surface area (Å²) in [6.45, 7) is 2.55. The van der Waals surface area contributed by atoms with E-state index in [0.29, 0.717) is 28.7 Å². The molecule has 1 fully saturated rings. The van der Waals surface area contributed by atoms with Gasteiger partial charge in [-0.2, -0.15) is 0 Å². The summed E-state index contributed by atoms with van der Waals surface area (Å²) in [6.07, 6.45) is 1.19. The van der Waals surface area contributed by atoms with Crippen LogP contribution in [-0.4, -0.2) is 78.0 Å². The number of piperidine rings is 1. The van der Waals surface area contributed by atoms with Gasteiger partial charge >= 0.3 is 5.97 Å². The average molecular weight is 545 g/mol. The number of likely N-dealkylation sites (N-methyl/N-ethyl adjacent to an activating group) is 1. The molecule has 0 spiro atoms. The largest absolute Gasteiger partial charge is 0.469 e. The van der Waals surface area contributed by atoms with Crippen molar-refractivity contribution < 1.29 is 19.1 Å². The highest BCUT2D eigenvalue weighted by Gasteiger charge is 2.46. The van der Waals surface area contributed by atoms with Gasteiger partial charge in [0, 0.05) is 46.9 Å². The van der Waals surface area contributed by atoms with Gasteiger partial charge < -0.3 is 30.6 Å². The Hall–Kier alpha value is -2.99. The Kier molecular flexibility index (Phi) is 7.21. The number of amides is 2. The molecule has 4 N–H and O–H groups in total. The molecular weight excluding hydrogens is 516 g/mol. The van der Waals surface area contributed by atoms with Gasteiger partial charge in [0.05, 0.1) is 30.8 Å². The minimum atomic E-state index is -1.10. The minimum Gasteiger partial charge on any atom is -0.469 e. The molecule has 12 heteroatoms. The molecule has 10 nitrogen and oxygen atoms in total. The fraction of sp³-hybridized carbons (Fsp3) is 0.440. The maximum atomic E-state index is 13.4. The van der Waals surface area contributed by atoms with E-state index in [1.807, 2.05) is 13.1 Å². The molecule has 0 saturated carbocycles. The Morgan fingerprint density at radius 3 is 2.95 bits per heavy atom. The summed E-state index contributed by atoms with van der Waals surface area (Å²) in [5.41, 5.74) is 0.995. The van der Waals surface area contributed by atoms with Crippen LogP contribution in [0.25, 0.3) is 10.9 Å². The van der Waals surface area contributed by atoms with Crippen molar-refractivity contribution in [3.63, 3.8) is 0 Å². The molecule has 0 bridgehead atoms. The summed E-state index contributed by atoms with van der Waals surface area (Å²) in [4.78, 5) is 50.2. The topological polar surface area (TPSA) is 128 Å². The summed E-state index contributed by atoms with van der Waals surface area (Å²) in [5.74, 6) is -1.19. The highest BCUT2D eigenvalue weighted by Crippen LogP contribution is 2.28. The molecule has 2 aromatic heterocycles. The Morgan fingerprint density at radius 1 is 1.30 bits per heavy atom. The van der Waals surface area contributed by atoms with Crippen molar-refractivity contribution in [2.75, 3.05) is 33.8 Å². The number of ether oxygens (including phenoxy) is 1. The number of nitrogens with one attached hydrogen (secondary N) is 4. The fourth-order valence-electron chi connectivity index (χ4n) is 5.02. The lowest BCUT2D eigenvalue weighted by molar-refractivity contribution is -0.142. The van der Waals surface area contributed by atoms with Crippen LogP contribution in [0, 0.1) is 0 Å². The predicted molar refractivity (Wildman–Crippen MR) is 141 cm³/mol. The number of rotatable bonds is 6. The Bertz CT molecular complexity index is 1360. The number of halogens is 1. The number of nitrogens with zero attached hydrogens (tertiary/aromatic N) is 2. The normalized spacial score (nSPS) is 21.9. The zero-order valence-electron chi connectivity index (χ0n) is 20.7. The average Bonchev–Trinajstić information content (AvgIpc) is 3.49. The molecule has 4 heterocycles. The monoisotopic (exact) mass is 544 g/mol. The quantitative estimate of drug-likeness (QED) is 0.350. The lowest BCUT2D eigenvalue weighted by atomic mass is 9.81. The number of hydrogen-bond donors (Lipinski definition) is 4. The molecule has 196 valence electrons. The number of fused-ring (bicyclic) bond motifs is 2. The zero-order valence-corrected chi connectivity index (χ0v) is 22.2. The molecule has 2 aliphatic heterocycles. The Morgan fingerprint density at radius 2 is 2.14 bits per heavy atom. The van der Waals surface area contributed by atoms with Crippen molar-refractivity contribution >= 4 is 51.6 Å². The number of methoxy groups -OCH3 is 1. The standard InChI is InChI=1S/C25H29ClN6O4S/c1-32-8-6-17-19(12-32)37-24(29-17)23(35)31-25(11-21(33)36-2)13-27-7-5-20(25)30-22(34)18-10-14-9-15(26)3-4-16(14)28-18/h3-4,9-10,20,27-28H,5-8,11-13H2,1-2H3,(H,30,34)(H,31,35)/t20-,25+/m0/s1. The third-order valence-corrected chi connectivity index (χ3v) is 8.33. The number of aromatic amines is 1. The van der Waals surface area contributed by atoms with Crippen LogP contribution < -0.4 is 16.0 Å². The molecule has 3 aromatic rings. The number of aromatic nitrogens is 2. The van der Waals surface area contributed by atoms with E-state index >= 15 is 0 Å². The molecular formula is C25H29ClN6O4S. The van der Waals surface area contributed by atoms with Crippen LogP contribution in [0.15, 0.2) is 24.3 Å². The second-order valence-corrected chi connectivity index (χ2v) is 11.2. The second kappa shape index (κ2) is 10.4. The van der Waals surface area contributed by atoms with Crippen molar-refractivity contribution in [3.8, 4) is 0 Å². The highest BCUT2D eigenvalue weighted by molar-refractivity contribution is 7.13. The smallest absolute Gasteiger partial charge is 0.308 e. The van der Waals surface area contributed by atoms with Gasteiger partial charge in [0.25, 0.3) is 11.8 Å². The van der Waals surface area contributed by atoms with Gasteiger partial charge in [-0.3, -0.25) is 14.4 Å². The van der Waals surface area contributed by atoms with Crippen LogP contribution in [0.5, 0.6) is 0 Å². The predicted octanol–water partition coefficient (Wildman–Crippen LogP) is 2.09. The van der Waals surface area contributed by atoms with E-state index in [4.69, 9.17) is 16.3 Å². The molecule has 0 aliphatic carbocycles. The first-order chi connectivity index (χ1) is 17.8. The number of hydrogen-bond acceptors (Lipinski definition) is 8. The van der Waals surface area contributed by atoms with Crippen molar-refractivity contribution in [2.45, 2.75) is 37.4 Å². The molecule has 37 heavy (non-hydrogen) atoms. The number of esters is 1. The van der Waals surface area contributed by atoms with E-state index in [0.717, 1.165) is 41.0 Å². The second-order valence-electron chi connectivity index (χ2n) is 9.65. The van der Waals surface area contributed by atoms with Crippen molar-refractivity contribution in [1.82, 2.24) is 30.8 Å². The number of benzene rings is 1. The number of carbonyl (C=O) groups is 3. The van der Waals surface area contributed by atoms with Crippen molar-refractivity contribution in [2.24, 2.45) is 0 Å². The summed E-state index contributed by atoms with van der Waals surface area (Å²) >= 11 is 7.46. The van der Waals surface area contributed by atoms with E-state index in [1.54, 1.807) is 18.2 Å². The Labute approximate surface area is 223 Å². The van der Waals surface area contributed by atoms with E-state index in [-0.39, 0.29) is 24.8 Å². The van der Waals surface area contributed by atoms with Crippen LogP contribution in [0.2, 0.25) is 5.02 Å². The maximum absolute atomic E-state index is 13.4. The van der Waals surface area contributed by atoms with Gasteiger partial charge in [-0.15, -0.1) is 11.3 Å². The summed E-state index contributed by atoms with van der Waals surface area (Å²) < 4.78 is 4.96. The maximum Gasteiger partial charge on any atom is 0.308 e. The first-order valence-corrected chi connectivity index (χ1v) is 13.3. The van der Waals surface area contributed by atoms with Crippen LogP contribution in [0.1, 0.15) is 43.7 Å². The van der Waals surface area contributed by atoms with Gasteiger partial charge in [-0.25, -0.2) is 4.98 Å². The first-order valence-electron chi connectivity index (χ1n) is 12.1. The molecule has 1 aromatic carbocycles. The van der Waals surface area contributed by atoms with Crippen LogP contribution in [-0.2, 0) is 22.5 Å². The van der Waals surface area contributed by atoms with Gasteiger partial charge in [0.1, 0.15) is 5.69 Å². The SMILES string of the molecule is COC(=O)C[C@@]1(NC(=O)c2nc3c(s2)CN(C)CC3)CNCC[C@@H]1NC(=O)c1cc2cc(Cl)ccc2[nH]1. The van der Waals surface area contributed by atoms with Gasteiger partial charge in [-0.05, 0) is 44.3 Å². The lowest BCUT2D eigenvalue weighted by Gasteiger charge is -2.44. The van der Waals surface area contributed by atoms with E-state index < -0.39 is 17.6 Å². The highest BCUT2D eigenvalue weighted by atomic mass is 35.5. The van der Waals surface area contributed by atoms with Gasteiger partial charge in [-0.1, -0.05) is 11.6 Å². The van der Waals surface area contributed by atoms with E-state index in [1.165, 1.54) is 18.4 Å². The first kappa shape index (κ1) is 25.7. The van der Waals surface area contributed by atoms with Crippen LogP contribution in [0.4, 0.5) is 0 Å². The van der Waals surface area contributed by atoms with Crippen LogP contribution >= 0.6 is 22.9 Å². The molecule has 0 radical (unpaired) electrons. The lowest BCUT2D eigenvalue weighted by Crippen LogP contribution is -2.70. The third-order valence-electron chi connectivity index (χ3n) is 7.02. The zero-order chi connectivity index (χ0) is 26.2. The Balaban J connectivity index is 1.40. The number of H-pyrrole nitrogens is 1. The van der Waals surface area contributed by atoms with Crippen molar-refractivity contribution in [1.29, 1.82) is 0 Å². The molecule has 5 rings (SSSR count). The third kappa shape index (κ3) is 5.35. The summed E-state index contributed by atoms with van der Waals surface area (Å²) in [6, 6.07) is 6.55. The molecule has 2 aliphatic rings. The molecule has 0 unspecified atom stereocenters. The fourth-order valence-corrected chi connectivity index (χ4v) is 6.28. The molecule has 1 saturated heterocycles. The molecule has 2 atom stereocenters. The van der Waals surface area contributed by atoms with Gasteiger partial charge in [0.15, 0.2) is 5.01 Å². The van der Waals surface area contributed by atoms with Crippen molar-refractivity contribution in [3.05, 3.63) is 50.6 Å². The van der Waals surface area contributed by atoms with Gasteiger partial charge in [0.2, 0.25) is 0 Å².